The maximum absolute atomic E-state index is 10.4. The third-order valence-corrected chi connectivity index (χ3v) is 1.66. The highest BCUT2D eigenvalue weighted by Gasteiger charge is 2.13. The molecular formula is C7H12ClN3O2. The van der Waals surface area contributed by atoms with Gasteiger partial charge in [0.2, 0.25) is 0 Å². The van der Waals surface area contributed by atoms with Crippen molar-refractivity contribution in [2.24, 2.45) is 12.8 Å². The van der Waals surface area contributed by atoms with Crippen LogP contribution in [0.1, 0.15) is 5.69 Å². The first kappa shape index (κ1) is 11.9. The highest BCUT2D eigenvalue weighted by Crippen LogP contribution is 1.99. The van der Waals surface area contributed by atoms with E-state index in [0.29, 0.717) is 6.42 Å². The van der Waals surface area contributed by atoms with Gasteiger partial charge in [0.1, 0.15) is 6.04 Å². The molecule has 1 heterocycles. The van der Waals surface area contributed by atoms with E-state index < -0.39 is 12.0 Å². The molecule has 13 heavy (non-hydrogen) atoms. The second-order valence-corrected chi connectivity index (χ2v) is 2.64. The van der Waals surface area contributed by atoms with E-state index >= 15 is 0 Å². The number of aliphatic carboxylic acids is 1. The number of nitrogens with zero attached hydrogens (tertiary/aromatic N) is 2. The van der Waals surface area contributed by atoms with Crippen molar-refractivity contribution in [3.05, 3.63) is 18.2 Å². The fourth-order valence-electron chi connectivity index (χ4n) is 0.894. The minimum Gasteiger partial charge on any atom is -0.480 e. The summed E-state index contributed by atoms with van der Waals surface area (Å²) in [5.74, 6) is -0.990. The van der Waals surface area contributed by atoms with Crippen molar-refractivity contribution in [2.45, 2.75) is 12.5 Å². The number of imidazole rings is 1. The predicted molar refractivity (Wildman–Crippen MR) is 49.8 cm³/mol. The van der Waals surface area contributed by atoms with Gasteiger partial charge in [-0.25, -0.2) is 4.98 Å². The molecule has 0 saturated heterocycles. The van der Waals surface area contributed by atoms with E-state index in [-0.39, 0.29) is 12.4 Å². The monoisotopic (exact) mass is 205 g/mol. The van der Waals surface area contributed by atoms with E-state index in [1.165, 1.54) is 0 Å². The Morgan fingerprint density at radius 1 is 1.85 bits per heavy atom. The fraction of sp³-hybridized carbons (Fsp3) is 0.429. The van der Waals surface area contributed by atoms with Gasteiger partial charge in [0.15, 0.2) is 0 Å². The third-order valence-electron chi connectivity index (χ3n) is 1.66. The molecule has 1 atom stereocenters. The van der Waals surface area contributed by atoms with E-state index in [1.807, 2.05) is 0 Å². The van der Waals surface area contributed by atoms with Crippen molar-refractivity contribution in [1.82, 2.24) is 9.55 Å². The molecule has 1 rings (SSSR count). The maximum atomic E-state index is 10.4. The van der Waals surface area contributed by atoms with Gasteiger partial charge in [0.05, 0.1) is 6.33 Å². The standard InChI is InChI=1S/C7H11N3O2.ClH/c1-10-4-9-3-5(10)2-6(8)7(11)12;/h3-4,6H,2,8H2,1H3,(H,11,12);1H. The quantitative estimate of drug-likeness (QED) is 0.716. The Kier molecular flexibility index (Phi) is 4.44. The Bertz CT molecular complexity index is 287. The molecule has 0 saturated carbocycles. The van der Waals surface area contributed by atoms with E-state index in [2.05, 4.69) is 4.98 Å². The van der Waals surface area contributed by atoms with Crippen LogP contribution in [0.5, 0.6) is 0 Å². The van der Waals surface area contributed by atoms with Crippen LogP contribution in [0.4, 0.5) is 0 Å². The molecule has 0 aliphatic rings. The molecule has 5 nitrogen and oxygen atoms in total. The molecule has 0 aliphatic heterocycles. The Morgan fingerprint density at radius 3 is 2.85 bits per heavy atom. The Hall–Kier alpha value is -1.07. The van der Waals surface area contributed by atoms with E-state index in [0.717, 1.165) is 5.69 Å². The van der Waals surface area contributed by atoms with Crippen LogP contribution in [0, 0.1) is 0 Å². The van der Waals surface area contributed by atoms with Crippen LogP contribution < -0.4 is 5.73 Å². The summed E-state index contributed by atoms with van der Waals surface area (Å²) in [5, 5.41) is 8.52. The van der Waals surface area contributed by atoms with Gasteiger partial charge in [-0.05, 0) is 0 Å². The van der Waals surface area contributed by atoms with Crippen molar-refractivity contribution >= 4 is 18.4 Å². The minimum absolute atomic E-state index is 0. The lowest BCUT2D eigenvalue weighted by Crippen LogP contribution is -2.32. The molecule has 6 heteroatoms. The summed E-state index contributed by atoms with van der Waals surface area (Å²) in [5.41, 5.74) is 6.16. The number of carboxylic acids is 1. The van der Waals surface area contributed by atoms with E-state index in [9.17, 15) is 4.79 Å². The molecule has 0 radical (unpaired) electrons. The summed E-state index contributed by atoms with van der Waals surface area (Å²) in [6.45, 7) is 0. The highest BCUT2D eigenvalue weighted by atomic mass is 35.5. The lowest BCUT2D eigenvalue weighted by atomic mass is 10.2. The lowest BCUT2D eigenvalue weighted by molar-refractivity contribution is -0.138. The van der Waals surface area contributed by atoms with Crippen LogP contribution in [0.25, 0.3) is 0 Å². The summed E-state index contributed by atoms with van der Waals surface area (Å²) < 4.78 is 1.75. The number of aromatic nitrogens is 2. The Balaban J connectivity index is 0.00000144. The van der Waals surface area contributed by atoms with Crippen molar-refractivity contribution < 1.29 is 9.90 Å². The Morgan fingerprint density at radius 2 is 2.46 bits per heavy atom. The van der Waals surface area contributed by atoms with Crippen molar-refractivity contribution in [3.63, 3.8) is 0 Å². The molecule has 1 aromatic rings. The summed E-state index contributed by atoms with van der Waals surface area (Å²) >= 11 is 0. The van der Waals surface area contributed by atoms with Gasteiger partial charge < -0.3 is 15.4 Å². The number of carbonyl (C=O) groups is 1. The molecular weight excluding hydrogens is 194 g/mol. The first-order chi connectivity index (χ1) is 5.61. The number of hydrogen-bond acceptors (Lipinski definition) is 3. The zero-order valence-electron chi connectivity index (χ0n) is 7.17. The second kappa shape index (κ2) is 4.84. The summed E-state index contributed by atoms with van der Waals surface area (Å²) in [6.07, 6.45) is 3.54. The normalized spacial score (nSPS) is 11.8. The summed E-state index contributed by atoms with van der Waals surface area (Å²) in [7, 11) is 1.80. The van der Waals surface area contributed by atoms with E-state index in [4.69, 9.17) is 10.8 Å². The Labute approximate surface area is 82.0 Å². The molecule has 0 fully saturated rings. The van der Waals surface area contributed by atoms with Gasteiger partial charge in [0.25, 0.3) is 0 Å². The predicted octanol–water partition coefficient (Wildman–Crippen LogP) is -0.204. The fourth-order valence-corrected chi connectivity index (χ4v) is 0.894. The second-order valence-electron chi connectivity index (χ2n) is 2.64. The number of rotatable bonds is 3. The zero-order chi connectivity index (χ0) is 9.14. The molecule has 0 aliphatic carbocycles. The average Bonchev–Trinajstić information content (AvgIpc) is 2.36. The maximum Gasteiger partial charge on any atom is 0.320 e. The van der Waals surface area contributed by atoms with Crippen LogP contribution in [0.3, 0.4) is 0 Å². The number of aryl methyl sites for hydroxylation is 1. The van der Waals surface area contributed by atoms with Crippen LogP contribution in [-0.2, 0) is 18.3 Å². The van der Waals surface area contributed by atoms with Gasteiger partial charge in [-0.1, -0.05) is 0 Å². The molecule has 74 valence electrons. The first-order valence-electron chi connectivity index (χ1n) is 3.55. The van der Waals surface area contributed by atoms with Crippen LogP contribution in [-0.4, -0.2) is 26.7 Å². The number of carboxylic acid groups (broad SMARTS) is 1. The van der Waals surface area contributed by atoms with Gasteiger partial charge >= 0.3 is 5.97 Å². The molecule has 1 aromatic heterocycles. The average molecular weight is 206 g/mol. The van der Waals surface area contributed by atoms with Crippen molar-refractivity contribution in [1.29, 1.82) is 0 Å². The van der Waals surface area contributed by atoms with Gasteiger partial charge in [-0.3, -0.25) is 4.79 Å². The summed E-state index contributed by atoms with van der Waals surface area (Å²) in [6, 6.07) is -0.847. The molecule has 0 aromatic carbocycles. The zero-order valence-corrected chi connectivity index (χ0v) is 7.99. The largest absolute Gasteiger partial charge is 0.480 e. The lowest BCUT2D eigenvalue weighted by Gasteiger charge is -2.05. The first-order valence-corrected chi connectivity index (χ1v) is 3.55. The van der Waals surface area contributed by atoms with Crippen LogP contribution in [0.15, 0.2) is 12.5 Å². The van der Waals surface area contributed by atoms with E-state index in [1.54, 1.807) is 24.1 Å². The topological polar surface area (TPSA) is 81.1 Å². The summed E-state index contributed by atoms with van der Waals surface area (Å²) in [4.78, 5) is 14.2. The molecule has 1 unspecified atom stereocenters. The van der Waals surface area contributed by atoms with Crippen molar-refractivity contribution in [3.8, 4) is 0 Å². The van der Waals surface area contributed by atoms with Crippen LogP contribution >= 0.6 is 12.4 Å². The third kappa shape index (κ3) is 3.04. The van der Waals surface area contributed by atoms with Crippen LogP contribution in [0.2, 0.25) is 0 Å². The minimum atomic E-state index is -0.990. The smallest absolute Gasteiger partial charge is 0.320 e. The highest BCUT2D eigenvalue weighted by molar-refractivity contribution is 5.85. The van der Waals surface area contributed by atoms with Gasteiger partial charge in [-0.2, -0.15) is 0 Å². The number of hydrogen-bond donors (Lipinski definition) is 2. The molecule has 3 N–H and O–H groups in total. The molecule has 0 bridgehead atoms. The SMILES string of the molecule is Cl.Cn1cncc1CC(N)C(=O)O. The van der Waals surface area contributed by atoms with Gasteiger partial charge in [-0.15, -0.1) is 12.4 Å². The molecule has 0 spiro atoms. The number of halogens is 1. The van der Waals surface area contributed by atoms with Gasteiger partial charge in [0, 0.05) is 25.4 Å². The molecule has 0 amide bonds. The van der Waals surface area contributed by atoms with Crippen molar-refractivity contribution in [2.75, 3.05) is 0 Å². The number of nitrogens with two attached hydrogens (primary N) is 1.